The molecule has 2 aromatic carbocycles. The van der Waals surface area contributed by atoms with Crippen LogP contribution in [0.5, 0.6) is 11.5 Å². The molecule has 0 aliphatic heterocycles. The third-order valence-corrected chi connectivity index (χ3v) is 4.45. The van der Waals surface area contributed by atoms with E-state index in [2.05, 4.69) is 30.8 Å². The van der Waals surface area contributed by atoms with Crippen LogP contribution in [0.15, 0.2) is 42.5 Å². The van der Waals surface area contributed by atoms with Gasteiger partial charge in [0.1, 0.15) is 6.54 Å². The summed E-state index contributed by atoms with van der Waals surface area (Å²) in [6, 6.07) is 12.6. The highest BCUT2D eigenvalue weighted by Gasteiger charge is 2.16. The predicted octanol–water partition coefficient (Wildman–Crippen LogP) is 3.25. The molecule has 1 atom stereocenters. The SMILES string of the molecule is COc1cc(C[NH+](C)CC(=O)Nc2ccc(C(C)(C)C)cc2)ccc1OC(F)F. The molecule has 158 valence electrons. The van der Waals surface area contributed by atoms with Crippen LogP contribution in [0.4, 0.5) is 14.5 Å². The van der Waals surface area contributed by atoms with E-state index in [-0.39, 0.29) is 29.4 Å². The molecule has 0 fully saturated rings. The smallest absolute Gasteiger partial charge is 0.387 e. The topological polar surface area (TPSA) is 52.0 Å². The monoisotopic (exact) mass is 407 g/mol. The number of amides is 1. The van der Waals surface area contributed by atoms with Gasteiger partial charge in [-0.1, -0.05) is 32.9 Å². The van der Waals surface area contributed by atoms with Crippen LogP contribution in [-0.4, -0.2) is 33.2 Å². The van der Waals surface area contributed by atoms with Crippen LogP contribution in [-0.2, 0) is 16.8 Å². The van der Waals surface area contributed by atoms with Crippen LogP contribution in [0.2, 0.25) is 0 Å². The van der Waals surface area contributed by atoms with Crippen LogP contribution < -0.4 is 19.7 Å². The molecule has 0 aliphatic carbocycles. The fraction of sp³-hybridized carbons (Fsp3) is 0.409. The van der Waals surface area contributed by atoms with E-state index in [1.807, 2.05) is 31.3 Å². The lowest BCUT2D eigenvalue weighted by Gasteiger charge is -2.19. The van der Waals surface area contributed by atoms with E-state index in [0.717, 1.165) is 16.2 Å². The van der Waals surface area contributed by atoms with Crippen LogP contribution in [0.1, 0.15) is 31.9 Å². The molecule has 2 aromatic rings. The van der Waals surface area contributed by atoms with Gasteiger partial charge in [0.25, 0.3) is 5.91 Å². The second-order valence-corrected chi connectivity index (χ2v) is 8.05. The first kappa shape index (κ1) is 22.6. The average molecular weight is 407 g/mol. The second kappa shape index (κ2) is 9.69. The Morgan fingerprint density at radius 3 is 2.31 bits per heavy atom. The highest BCUT2D eigenvalue weighted by Crippen LogP contribution is 2.29. The highest BCUT2D eigenvalue weighted by atomic mass is 19.3. The molecule has 0 bridgehead atoms. The van der Waals surface area contributed by atoms with Crippen molar-refractivity contribution >= 4 is 11.6 Å². The average Bonchev–Trinajstić information content (AvgIpc) is 2.62. The molecule has 5 nitrogen and oxygen atoms in total. The molecule has 0 saturated carbocycles. The van der Waals surface area contributed by atoms with Gasteiger partial charge in [-0.15, -0.1) is 0 Å². The summed E-state index contributed by atoms with van der Waals surface area (Å²) in [6.07, 6.45) is 0. The van der Waals surface area contributed by atoms with E-state index in [1.54, 1.807) is 12.1 Å². The number of hydrogen-bond acceptors (Lipinski definition) is 3. The summed E-state index contributed by atoms with van der Waals surface area (Å²) < 4.78 is 34.4. The molecule has 1 unspecified atom stereocenters. The number of ether oxygens (including phenoxy) is 2. The maximum absolute atomic E-state index is 12.4. The van der Waals surface area contributed by atoms with Gasteiger partial charge in [0, 0.05) is 11.3 Å². The fourth-order valence-electron chi connectivity index (χ4n) is 2.96. The van der Waals surface area contributed by atoms with Crippen molar-refractivity contribution in [2.45, 2.75) is 39.3 Å². The summed E-state index contributed by atoms with van der Waals surface area (Å²) in [5.74, 6) is 0.120. The van der Waals surface area contributed by atoms with E-state index < -0.39 is 6.61 Å². The lowest BCUT2D eigenvalue weighted by Crippen LogP contribution is -3.08. The van der Waals surface area contributed by atoms with Crippen molar-refractivity contribution in [1.82, 2.24) is 0 Å². The molecular formula is C22H29F2N2O3+. The largest absolute Gasteiger partial charge is 0.493 e. The lowest BCUT2D eigenvalue weighted by atomic mass is 9.87. The van der Waals surface area contributed by atoms with Crippen LogP contribution in [0.3, 0.4) is 0 Å². The van der Waals surface area contributed by atoms with Gasteiger partial charge in [-0.3, -0.25) is 4.79 Å². The molecule has 1 amide bonds. The molecule has 2 rings (SSSR count). The first-order valence-electron chi connectivity index (χ1n) is 9.42. The molecular weight excluding hydrogens is 378 g/mol. The normalized spacial score (nSPS) is 12.6. The minimum atomic E-state index is -2.91. The molecule has 0 saturated heterocycles. The number of hydrogen-bond donors (Lipinski definition) is 2. The van der Waals surface area contributed by atoms with Gasteiger partial charge in [-0.2, -0.15) is 8.78 Å². The van der Waals surface area contributed by atoms with Gasteiger partial charge in [0.05, 0.1) is 14.2 Å². The Kier molecular flexibility index (Phi) is 7.56. The predicted molar refractivity (Wildman–Crippen MR) is 109 cm³/mol. The number of likely N-dealkylation sites (N-methyl/N-ethyl adjacent to an activating group) is 1. The Hall–Kier alpha value is -2.67. The number of carbonyl (C=O) groups is 1. The van der Waals surface area contributed by atoms with Gasteiger partial charge < -0.3 is 19.7 Å². The second-order valence-electron chi connectivity index (χ2n) is 8.05. The zero-order valence-electron chi connectivity index (χ0n) is 17.5. The molecule has 0 spiro atoms. The van der Waals surface area contributed by atoms with E-state index in [0.29, 0.717) is 6.54 Å². The minimum absolute atomic E-state index is 0.0136. The number of carbonyl (C=O) groups excluding carboxylic acids is 1. The number of rotatable bonds is 8. The van der Waals surface area contributed by atoms with Crippen LogP contribution in [0, 0.1) is 0 Å². The van der Waals surface area contributed by atoms with Crippen molar-refractivity contribution in [3.8, 4) is 11.5 Å². The quantitative estimate of drug-likeness (QED) is 0.706. The Bertz CT molecular complexity index is 818. The third-order valence-electron chi connectivity index (χ3n) is 4.45. The first-order valence-corrected chi connectivity index (χ1v) is 9.42. The minimum Gasteiger partial charge on any atom is -0.493 e. The van der Waals surface area contributed by atoms with E-state index in [4.69, 9.17) is 4.74 Å². The number of methoxy groups -OCH3 is 1. The van der Waals surface area contributed by atoms with Gasteiger partial charge in [0.2, 0.25) is 0 Å². The molecule has 2 N–H and O–H groups in total. The summed E-state index contributed by atoms with van der Waals surface area (Å²) in [6.45, 7) is 4.30. The molecule has 0 aromatic heterocycles. The van der Waals surface area contributed by atoms with Crippen molar-refractivity contribution in [1.29, 1.82) is 0 Å². The van der Waals surface area contributed by atoms with Gasteiger partial charge in [-0.25, -0.2) is 0 Å². The summed E-state index contributed by atoms with van der Waals surface area (Å²) in [5.41, 5.74) is 2.87. The maximum Gasteiger partial charge on any atom is 0.387 e. The number of halogens is 2. The Morgan fingerprint density at radius 2 is 1.76 bits per heavy atom. The number of benzene rings is 2. The van der Waals surface area contributed by atoms with E-state index in [9.17, 15) is 13.6 Å². The van der Waals surface area contributed by atoms with Crippen molar-refractivity contribution < 1.29 is 27.9 Å². The Labute approximate surface area is 170 Å². The van der Waals surface area contributed by atoms with Gasteiger partial charge >= 0.3 is 6.61 Å². The maximum atomic E-state index is 12.4. The molecule has 0 heterocycles. The number of quaternary nitrogens is 1. The van der Waals surface area contributed by atoms with Crippen molar-refractivity contribution in [3.63, 3.8) is 0 Å². The van der Waals surface area contributed by atoms with E-state index >= 15 is 0 Å². The van der Waals surface area contributed by atoms with E-state index in [1.165, 1.54) is 18.7 Å². The summed E-state index contributed by atoms with van der Waals surface area (Å²) in [5, 5.41) is 2.90. The summed E-state index contributed by atoms with van der Waals surface area (Å²) in [4.78, 5) is 13.3. The van der Waals surface area contributed by atoms with Crippen LogP contribution in [0.25, 0.3) is 0 Å². The molecule has 0 radical (unpaired) electrons. The first-order chi connectivity index (χ1) is 13.6. The van der Waals surface area contributed by atoms with Crippen LogP contribution >= 0.6 is 0 Å². The van der Waals surface area contributed by atoms with Crippen molar-refractivity contribution in [2.75, 3.05) is 26.0 Å². The number of alkyl halides is 2. The number of anilines is 1. The molecule has 29 heavy (non-hydrogen) atoms. The van der Waals surface area contributed by atoms with Crippen molar-refractivity contribution in [3.05, 3.63) is 53.6 Å². The Balaban J connectivity index is 1.93. The lowest BCUT2D eigenvalue weighted by molar-refractivity contribution is -0.885. The zero-order chi connectivity index (χ0) is 21.6. The van der Waals surface area contributed by atoms with Gasteiger partial charge in [0.15, 0.2) is 18.0 Å². The highest BCUT2D eigenvalue weighted by molar-refractivity contribution is 5.91. The fourth-order valence-corrected chi connectivity index (χ4v) is 2.96. The number of nitrogens with one attached hydrogen (secondary N) is 2. The van der Waals surface area contributed by atoms with Gasteiger partial charge in [-0.05, 0) is 41.3 Å². The van der Waals surface area contributed by atoms with Crippen molar-refractivity contribution in [2.24, 2.45) is 0 Å². The summed E-state index contributed by atoms with van der Waals surface area (Å²) in [7, 11) is 3.28. The zero-order valence-corrected chi connectivity index (χ0v) is 17.5. The molecule has 0 aliphatic rings. The standard InChI is InChI=1S/C22H28F2N2O3/c1-22(2,3)16-7-9-17(10-8-16)25-20(27)14-26(4)13-15-6-11-18(29-21(23)24)19(12-15)28-5/h6-12,21H,13-14H2,1-5H3,(H,25,27)/p+1. The Morgan fingerprint density at radius 1 is 1.10 bits per heavy atom. The molecule has 7 heteroatoms. The third kappa shape index (κ3) is 7.02. The summed E-state index contributed by atoms with van der Waals surface area (Å²) >= 11 is 0.